The largest absolute Gasteiger partial charge is 0.348 e. The lowest BCUT2D eigenvalue weighted by Crippen LogP contribution is -2.51. The van der Waals surface area contributed by atoms with E-state index in [1.54, 1.807) is 6.92 Å². The van der Waals surface area contributed by atoms with E-state index in [-0.39, 0.29) is 17.9 Å². The van der Waals surface area contributed by atoms with Crippen molar-refractivity contribution >= 4 is 27.7 Å². The zero-order valence-corrected chi connectivity index (χ0v) is 17.9. The van der Waals surface area contributed by atoms with E-state index in [1.807, 2.05) is 6.92 Å². The van der Waals surface area contributed by atoms with Gasteiger partial charge < -0.3 is 10.6 Å². The Balaban J connectivity index is 1.79. The topological polar surface area (TPSA) is 113 Å². The van der Waals surface area contributed by atoms with E-state index in [0.717, 1.165) is 11.3 Å². The average Bonchev–Trinajstić information content (AvgIpc) is 3.07. The van der Waals surface area contributed by atoms with E-state index in [0.29, 0.717) is 18.4 Å². The first-order valence-electron chi connectivity index (χ1n) is 9.92. The molecule has 10 heteroatoms. The summed E-state index contributed by atoms with van der Waals surface area (Å²) in [5.41, 5.74) is -1.83. The van der Waals surface area contributed by atoms with Crippen molar-refractivity contribution in [3.05, 3.63) is 35.6 Å². The van der Waals surface area contributed by atoms with Gasteiger partial charge in [-0.3, -0.25) is 14.5 Å². The second-order valence-corrected chi connectivity index (χ2v) is 10.5. The van der Waals surface area contributed by atoms with Gasteiger partial charge in [0.2, 0.25) is 5.91 Å². The minimum Gasteiger partial charge on any atom is -0.348 e. The maximum absolute atomic E-state index is 13.4. The first-order chi connectivity index (χ1) is 14.0. The molecule has 2 N–H and O–H groups in total. The van der Waals surface area contributed by atoms with Crippen LogP contribution in [-0.4, -0.2) is 54.8 Å². The van der Waals surface area contributed by atoms with E-state index >= 15 is 0 Å². The Morgan fingerprint density at radius 2 is 1.93 bits per heavy atom. The van der Waals surface area contributed by atoms with Gasteiger partial charge in [0.05, 0.1) is 17.0 Å². The van der Waals surface area contributed by atoms with E-state index in [4.69, 9.17) is 0 Å². The first-order valence-corrected chi connectivity index (χ1v) is 11.7. The molecule has 2 fully saturated rings. The summed E-state index contributed by atoms with van der Waals surface area (Å²) in [5, 5.41) is 5.35. The van der Waals surface area contributed by atoms with E-state index in [2.05, 4.69) is 10.6 Å². The van der Waals surface area contributed by atoms with Crippen molar-refractivity contribution in [3.8, 4) is 0 Å². The number of halogens is 1. The fraction of sp³-hybridized carbons (Fsp3) is 0.550. The highest BCUT2D eigenvalue weighted by Crippen LogP contribution is 2.34. The molecule has 0 aliphatic carbocycles. The lowest BCUT2D eigenvalue weighted by molar-refractivity contribution is -0.136. The van der Waals surface area contributed by atoms with E-state index in [9.17, 15) is 27.2 Å². The molecule has 2 heterocycles. The molecule has 0 spiro atoms. The van der Waals surface area contributed by atoms with Crippen LogP contribution in [0.3, 0.4) is 0 Å². The van der Waals surface area contributed by atoms with Gasteiger partial charge in [-0.05, 0) is 37.5 Å². The van der Waals surface area contributed by atoms with Crippen LogP contribution >= 0.6 is 0 Å². The van der Waals surface area contributed by atoms with Crippen molar-refractivity contribution in [1.82, 2.24) is 15.5 Å². The average molecular weight is 440 g/mol. The second kappa shape index (κ2) is 7.98. The van der Waals surface area contributed by atoms with Crippen molar-refractivity contribution in [2.24, 2.45) is 0 Å². The molecule has 3 rings (SSSR count). The Bertz CT molecular complexity index is 965. The molecule has 0 bridgehead atoms. The number of hydrogen-bond acceptors (Lipinski definition) is 5. The summed E-state index contributed by atoms with van der Waals surface area (Å²) in [7, 11) is -3.22. The van der Waals surface area contributed by atoms with Crippen LogP contribution < -0.4 is 10.6 Å². The molecule has 2 aliphatic rings. The molecule has 2 atom stereocenters. The summed E-state index contributed by atoms with van der Waals surface area (Å²) in [6.45, 7) is 3.06. The third-order valence-electron chi connectivity index (χ3n) is 5.66. The number of rotatable bonds is 7. The van der Waals surface area contributed by atoms with Crippen LogP contribution in [0, 0.1) is 5.82 Å². The van der Waals surface area contributed by atoms with Gasteiger partial charge in [-0.1, -0.05) is 31.9 Å². The molecule has 0 radical (unpaired) electrons. The van der Waals surface area contributed by atoms with Crippen LogP contribution in [0.15, 0.2) is 24.3 Å². The number of hydrogen-bond donors (Lipinski definition) is 2. The van der Waals surface area contributed by atoms with E-state index < -0.39 is 51.1 Å². The smallest absolute Gasteiger partial charge is 0.325 e. The van der Waals surface area contributed by atoms with E-state index in [1.165, 1.54) is 24.3 Å². The third kappa shape index (κ3) is 4.33. The van der Waals surface area contributed by atoms with Gasteiger partial charge in [0.25, 0.3) is 5.91 Å². The summed E-state index contributed by atoms with van der Waals surface area (Å²) in [6, 6.07) is 4.65. The molecule has 8 nitrogen and oxygen atoms in total. The van der Waals surface area contributed by atoms with Crippen LogP contribution in [0.5, 0.6) is 0 Å². The highest BCUT2D eigenvalue weighted by atomic mass is 32.2. The number of nitrogens with one attached hydrogen (secondary N) is 2. The molecule has 2 unspecified atom stereocenters. The third-order valence-corrected chi connectivity index (χ3v) is 7.57. The Hall–Kier alpha value is -2.49. The summed E-state index contributed by atoms with van der Waals surface area (Å²) in [5.74, 6) is -1.84. The van der Waals surface area contributed by atoms with Crippen molar-refractivity contribution in [3.63, 3.8) is 0 Å². The van der Waals surface area contributed by atoms with Gasteiger partial charge in [-0.2, -0.15) is 0 Å². The number of unbranched alkanes of at least 4 members (excludes halogenated alkanes) is 1. The molecular weight excluding hydrogens is 413 g/mol. The summed E-state index contributed by atoms with van der Waals surface area (Å²) in [4.78, 5) is 39.2. The molecular formula is C20H26FN3O5S. The zero-order chi connectivity index (χ0) is 22.2. The molecule has 0 aromatic heterocycles. The Morgan fingerprint density at radius 3 is 2.50 bits per heavy atom. The molecule has 1 aromatic carbocycles. The highest BCUT2D eigenvalue weighted by Gasteiger charge is 2.52. The number of imide groups is 1. The van der Waals surface area contributed by atoms with Crippen LogP contribution in [0.2, 0.25) is 0 Å². The number of carbonyl (C=O) groups excluding carboxylic acids is 3. The van der Waals surface area contributed by atoms with Gasteiger partial charge >= 0.3 is 6.03 Å². The van der Waals surface area contributed by atoms with Crippen LogP contribution in [0.25, 0.3) is 0 Å². The maximum Gasteiger partial charge on any atom is 0.325 e. The minimum absolute atomic E-state index is 0.0163. The van der Waals surface area contributed by atoms with Crippen molar-refractivity contribution in [2.75, 3.05) is 18.1 Å². The van der Waals surface area contributed by atoms with Crippen molar-refractivity contribution < 1.29 is 27.2 Å². The number of urea groups is 1. The summed E-state index contributed by atoms with van der Waals surface area (Å²) in [6.07, 6.45) is 2.00. The number of carbonyl (C=O) groups is 3. The molecule has 4 amide bonds. The zero-order valence-electron chi connectivity index (χ0n) is 17.0. The van der Waals surface area contributed by atoms with Crippen LogP contribution in [0.1, 0.15) is 45.1 Å². The monoisotopic (exact) mass is 439 g/mol. The standard InChI is InChI=1S/C20H26FN3O5S/c1-3-4-9-20(14-5-7-15(21)8-6-14)17(26)24(18(27)23-20)12-16(25)22-19(2)10-11-30(28,29)13-19/h5-8H,3-4,9-13H2,1-2H3,(H,22,25)(H,23,27). The van der Waals surface area contributed by atoms with Crippen molar-refractivity contribution in [1.29, 1.82) is 0 Å². The molecule has 30 heavy (non-hydrogen) atoms. The Labute approximate surface area is 175 Å². The molecule has 2 saturated heterocycles. The predicted octanol–water partition coefficient (Wildman–Crippen LogP) is 1.46. The fourth-order valence-corrected chi connectivity index (χ4v) is 6.18. The lowest BCUT2D eigenvalue weighted by atomic mass is 9.85. The van der Waals surface area contributed by atoms with Gasteiger partial charge in [0.15, 0.2) is 9.84 Å². The molecule has 2 aliphatic heterocycles. The number of nitrogens with zero attached hydrogens (tertiary/aromatic N) is 1. The minimum atomic E-state index is -3.22. The first kappa shape index (κ1) is 22.2. The molecule has 0 saturated carbocycles. The number of benzene rings is 1. The fourth-order valence-electron chi connectivity index (χ4n) is 4.08. The number of amides is 4. The molecule has 164 valence electrons. The van der Waals surface area contributed by atoms with Crippen LogP contribution in [-0.2, 0) is 25.0 Å². The van der Waals surface area contributed by atoms with Crippen LogP contribution in [0.4, 0.5) is 9.18 Å². The second-order valence-electron chi connectivity index (χ2n) is 8.29. The van der Waals surface area contributed by atoms with Gasteiger partial charge in [0.1, 0.15) is 17.9 Å². The SMILES string of the molecule is CCCCC1(c2ccc(F)cc2)NC(=O)N(CC(=O)NC2(C)CCS(=O)(=O)C2)C1=O. The summed E-state index contributed by atoms with van der Waals surface area (Å²) < 4.78 is 36.9. The lowest BCUT2D eigenvalue weighted by Gasteiger charge is -2.28. The van der Waals surface area contributed by atoms with Gasteiger partial charge in [0, 0.05) is 0 Å². The normalized spacial score (nSPS) is 27.9. The number of sulfone groups is 1. The summed E-state index contributed by atoms with van der Waals surface area (Å²) >= 11 is 0. The Morgan fingerprint density at radius 1 is 1.27 bits per heavy atom. The molecule has 1 aromatic rings. The highest BCUT2D eigenvalue weighted by molar-refractivity contribution is 7.91. The van der Waals surface area contributed by atoms with Crippen molar-refractivity contribution in [2.45, 2.75) is 50.6 Å². The Kier molecular flexibility index (Phi) is 5.90. The van der Waals surface area contributed by atoms with Gasteiger partial charge in [-0.15, -0.1) is 0 Å². The maximum atomic E-state index is 13.4. The quantitative estimate of drug-likeness (QED) is 0.625. The van der Waals surface area contributed by atoms with Gasteiger partial charge in [-0.25, -0.2) is 17.6 Å². The predicted molar refractivity (Wildman–Crippen MR) is 108 cm³/mol.